The Morgan fingerprint density at radius 2 is 1.85 bits per heavy atom. The first-order valence-corrected chi connectivity index (χ1v) is 8.50. The molecule has 0 radical (unpaired) electrons. The Morgan fingerprint density at radius 3 is 2.48 bits per heavy atom. The zero-order valence-electron chi connectivity index (χ0n) is 15.5. The van der Waals surface area contributed by atoms with Crippen LogP contribution in [0, 0.1) is 6.92 Å². The number of aryl methyl sites for hydroxylation is 1. The number of aromatic nitrogens is 2. The molecule has 3 rings (SSSR count). The first-order chi connectivity index (χ1) is 13.1. The van der Waals surface area contributed by atoms with Crippen molar-refractivity contribution >= 4 is 5.91 Å². The SMILES string of the molecule is COc1cc(-c2ccc(C(=O)NCCc3ccc(C)o3)cc2)nc(OC)n1. The van der Waals surface area contributed by atoms with Crippen LogP contribution in [0.3, 0.4) is 0 Å². The van der Waals surface area contributed by atoms with Crippen LogP contribution in [0.5, 0.6) is 11.9 Å². The largest absolute Gasteiger partial charge is 0.481 e. The molecule has 0 spiro atoms. The standard InChI is InChI=1S/C20H21N3O4/c1-13-4-9-16(27-13)10-11-21-19(24)15-7-5-14(6-8-15)17-12-18(25-2)23-20(22-17)26-3/h4-9,12H,10-11H2,1-3H3,(H,21,24). The van der Waals surface area contributed by atoms with Gasteiger partial charge in [0.1, 0.15) is 11.5 Å². The summed E-state index contributed by atoms with van der Waals surface area (Å²) >= 11 is 0. The van der Waals surface area contributed by atoms with E-state index < -0.39 is 0 Å². The van der Waals surface area contributed by atoms with E-state index in [9.17, 15) is 4.79 Å². The van der Waals surface area contributed by atoms with Gasteiger partial charge in [-0.15, -0.1) is 0 Å². The number of methoxy groups -OCH3 is 2. The molecule has 0 aliphatic carbocycles. The third kappa shape index (κ3) is 4.63. The molecule has 27 heavy (non-hydrogen) atoms. The first-order valence-electron chi connectivity index (χ1n) is 8.50. The summed E-state index contributed by atoms with van der Waals surface area (Å²) in [6, 6.07) is 12.9. The van der Waals surface area contributed by atoms with E-state index in [-0.39, 0.29) is 11.9 Å². The topological polar surface area (TPSA) is 86.5 Å². The Bertz CT molecular complexity index is 897. The third-order valence-electron chi connectivity index (χ3n) is 3.97. The van der Waals surface area contributed by atoms with Crippen molar-refractivity contribution in [2.24, 2.45) is 0 Å². The second kappa shape index (κ2) is 8.35. The lowest BCUT2D eigenvalue weighted by molar-refractivity contribution is 0.0953. The minimum absolute atomic E-state index is 0.136. The van der Waals surface area contributed by atoms with Crippen LogP contribution >= 0.6 is 0 Å². The van der Waals surface area contributed by atoms with Gasteiger partial charge in [-0.3, -0.25) is 4.79 Å². The molecule has 1 amide bonds. The fourth-order valence-electron chi connectivity index (χ4n) is 2.56. The van der Waals surface area contributed by atoms with Crippen LogP contribution in [0.4, 0.5) is 0 Å². The van der Waals surface area contributed by atoms with E-state index in [1.807, 2.05) is 31.2 Å². The van der Waals surface area contributed by atoms with E-state index >= 15 is 0 Å². The van der Waals surface area contributed by atoms with Gasteiger partial charge in [0.2, 0.25) is 5.88 Å². The van der Waals surface area contributed by atoms with E-state index in [0.717, 1.165) is 17.1 Å². The van der Waals surface area contributed by atoms with Crippen LogP contribution in [0.2, 0.25) is 0 Å². The summed E-state index contributed by atoms with van der Waals surface area (Å²) in [5.74, 6) is 1.99. The normalized spacial score (nSPS) is 10.5. The van der Waals surface area contributed by atoms with Gasteiger partial charge < -0.3 is 19.2 Å². The van der Waals surface area contributed by atoms with Gasteiger partial charge in [0, 0.05) is 30.2 Å². The highest BCUT2D eigenvalue weighted by Gasteiger charge is 2.10. The average molecular weight is 367 g/mol. The number of rotatable bonds is 7. The van der Waals surface area contributed by atoms with Crippen molar-refractivity contribution in [2.45, 2.75) is 13.3 Å². The molecule has 2 heterocycles. The molecular weight excluding hydrogens is 346 g/mol. The molecule has 7 nitrogen and oxygen atoms in total. The van der Waals surface area contributed by atoms with E-state index in [1.165, 1.54) is 14.2 Å². The van der Waals surface area contributed by atoms with Crippen LogP contribution in [-0.4, -0.2) is 36.6 Å². The van der Waals surface area contributed by atoms with Crippen molar-refractivity contribution < 1.29 is 18.7 Å². The van der Waals surface area contributed by atoms with Crippen molar-refractivity contribution in [1.82, 2.24) is 15.3 Å². The number of nitrogens with zero attached hydrogens (tertiary/aromatic N) is 2. The zero-order valence-corrected chi connectivity index (χ0v) is 15.5. The van der Waals surface area contributed by atoms with Crippen molar-refractivity contribution in [3.8, 4) is 23.1 Å². The Morgan fingerprint density at radius 1 is 1.07 bits per heavy atom. The summed E-state index contributed by atoms with van der Waals surface area (Å²) in [5, 5.41) is 2.89. The highest BCUT2D eigenvalue weighted by Crippen LogP contribution is 2.23. The lowest BCUT2D eigenvalue weighted by Gasteiger charge is -2.08. The number of carbonyl (C=O) groups is 1. The maximum Gasteiger partial charge on any atom is 0.320 e. The Hall–Kier alpha value is -3.35. The van der Waals surface area contributed by atoms with Gasteiger partial charge in [-0.05, 0) is 31.2 Å². The highest BCUT2D eigenvalue weighted by molar-refractivity contribution is 5.94. The fraction of sp³-hybridized carbons (Fsp3) is 0.250. The summed E-state index contributed by atoms with van der Waals surface area (Å²) < 4.78 is 15.7. The third-order valence-corrected chi connectivity index (χ3v) is 3.97. The lowest BCUT2D eigenvalue weighted by atomic mass is 10.1. The second-order valence-electron chi connectivity index (χ2n) is 5.88. The summed E-state index contributed by atoms with van der Waals surface area (Å²) in [5.41, 5.74) is 2.05. The molecular formula is C20H21N3O4. The fourth-order valence-corrected chi connectivity index (χ4v) is 2.56. The zero-order chi connectivity index (χ0) is 19.2. The predicted octanol–water partition coefficient (Wildman–Crippen LogP) is 3.03. The Balaban J connectivity index is 1.65. The van der Waals surface area contributed by atoms with Crippen LogP contribution in [0.15, 0.2) is 46.9 Å². The number of hydrogen-bond acceptors (Lipinski definition) is 6. The van der Waals surface area contributed by atoms with Crippen molar-refractivity contribution in [2.75, 3.05) is 20.8 Å². The highest BCUT2D eigenvalue weighted by atomic mass is 16.5. The summed E-state index contributed by atoms with van der Waals surface area (Å²) in [4.78, 5) is 20.7. The number of benzene rings is 1. The van der Waals surface area contributed by atoms with Crippen LogP contribution in [-0.2, 0) is 6.42 Å². The molecule has 1 N–H and O–H groups in total. The predicted molar refractivity (Wildman–Crippen MR) is 100 cm³/mol. The lowest BCUT2D eigenvalue weighted by Crippen LogP contribution is -2.25. The smallest absolute Gasteiger partial charge is 0.320 e. The summed E-state index contributed by atoms with van der Waals surface area (Å²) in [6.07, 6.45) is 0.651. The molecule has 3 aromatic rings. The number of hydrogen-bond donors (Lipinski definition) is 1. The maximum absolute atomic E-state index is 12.3. The maximum atomic E-state index is 12.3. The van der Waals surface area contributed by atoms with E-state index in [4.69, 9.17) is 13.9 Å². The van der Waals surface area contributed by atoms with Crippen LogP contribution in [0.25, 0.3) is 11.3 Å². The van der Waals surface area contributed by atoms with E-state index in [2.05, 4.69) is 15.3 Å². The van der Waals surface area contributed by atoms with Gasteiger partial charge >= 0.3 is 6.01 Å². The number of ether oxygens (including phenoxy) is 2. The van der Waals surface area contributed by atoms with Gasteiger partial charge in [0.15, 0.2) is 0 Å². The van der Waals surface area contributed by atoms with Crippen LogP contribution < -0.4 is 14.8 Å². The summed E-state index contributed by atoms with van der Waals surface area (Å²) in [7, 11) is 3.03. The molecule has 0 unspecified atom stereocenters. The molecule has 0 aliphatic rings. The molecule has 0 fully saturated rings. The number of carbonyl (C=O) groups excluding carboxylic acids is 1. The van der Waals surface area contributed by atoms with Crippen molar-refractivity contribution in [3.05, 3.63) is 59.5 Å². The molecule has 1 aromatic carbocycles. The Kier molecular flexibility index (Phi) is 5.71. The molecule has 0 saturated heterocycles. The number of amides is 1. The molecule has 140 valence electrons. The molecule has 2 aromatic heterocycles. The molecule has 0 saturated carbocycles. The molecule has 0 aliphatic heterocycles. The minimum Gasteiger partial charge on any atom is -0.481 e. The quantitative estimate of drug-likeness (QED) is 0.691. The van der Waals surface area contributed by atoms with Gasteiger partial charge in [-0.2, -0.15) is 9.97 Å². The average Bonchev–Trinajstić information content (AvgIpc) is 3.12. The van der Waals surface area contributed by atoms with Crippen molar-refractivity contribution in [1.29, 1.82) is 0 Å². The molecule has 0 bridgehead atoms. The van der Waals surface area contributed by atoms with Gasteiger partial charge in [0.25, 0.3) is 5.91 Å². The summed E-state index contributed by atoms with van der Waals surface area (Å²) in [6.45, 7) is 2.40. The number of nitrogens with one attached hydrogen (secondary N) is 1. The Labute approximate surface area is 157 Å². The van der Waals surface area contributed by atoms with Crippen LogP contribution in [0.1, 0.15) is 21.9 Å². The number of furan rings is 1. The monoisotopic (exact) mass is 367 g/mol. The minimum atomic E-state index is -0.136. The van der Waals surface area contributed by atoms with E-state index in [1.54, 1.807) is 18.2 Å². The second-order valence-corrected chi connectivity index (χ2v) is 5.88. The van der Waals surface area contributed by atoms with Crippen molar-refractivity contribution in [3.63, 3.8) is 0 Å². The molecule has 7 heteroatoms. The van der Waals surface area contributed by atoms with E-state index in [0.29, 0.717) is 30.1 Å². The van der Waals surface area contributed by atoms with Gasteiger partial charge in [-0.25, -0.2) is 0 Å². The first kappa shape index (κ1) is 18.4. The van der Waals surface area contributed by atoms with Gasteiger partial charge in [0.05, 0.1) is 19.9 Å². The van der Waals surface area contributed by atoms with Gasteiger partial charge in [-0.1, -0.05) is 12.1 Å². The molecule has 0 atom stereocenters.